The second-order valence-corrected chi connectivity index (χ2v) is 4.74. The normalized spacial score (nSPS) is 9.74. The molecular formula is C14H12BrN3O. The SMILES string of the molecule is COc1cc(Nc2ccc(C#N)cc2Br)ccc1N. The van der Waals surface area contributed by atoms with Crippen molar-refractivity contribution in [2.24, 2.45) is 0 Å². The highest BCUT2D eigenvalue weighted by Crippen LogP contribution is 2.30. The molecule has 2 aromatic rings. The number of benzene rings is 2. The Kier molecular flexibility index (Phi) is 3.93. The molecule has 5 heteroatoms. The molecule has 0 fully saturated rings. The van der Waals surface area contributed by atoms with E-state index in [9.17, 15) is 0 Å². The third-order valence-corrected chi connectivity index (χ3v) is 3.27. The molecule has 0 aliphatic heterocycles. The van der Waals surface area contributed by atoms with Crippen LogP contribution in [0.4, 0.5) is 17.1 Å². The molecule has 0 atom stereocenters. The van der Waals surface area contributed by atoms with Gasteiger partial charge in [-0.1, -0.05) is 0 Å². The van der Waals surface area contributed by atoms with E-state index in [4.69, 9.17) is 15.7 Å². The average Bonchev–Trinajstić information content (AvgIpc) is 2.43. The molecular weight excluding hydrogens is 306 g/mol. The number of halogens is 1. The van der Waals surface area contributed by atoms with E-state index in [2.05, 4.69) is 27.3 Å². The number of nitriles is 1. The summed E-state index contributed by atoms with van der Waals surface area (Å²) in [6.45, 7) is 0. The largest absolute Gasteiger partial charge is 0.495 e. The maximum Gasteiger partial charge on any atom is 0.143 e. The fourth-order valence-corrected chi connectivity index (χ4v) is 2.11. The van der Waals surface area contributed by atoms with Gasteiger partial charge in [0.2, 0.25) is 0 Å². The predicted molar refractivity (Wildman–Crippen MR) is 79.5 cm³/mol. The van der Waals surface area contributed by atoms with Crippen molar-refractivity contribution in [3.05, 3.63) is 46.4 Å². The first-order valence-corrected chi connectivity index (χ1v) is 6.33. The summed E-state index contributed by atoms with van der Waals surface area (Å²) < 4.78 is 5.99. The molecule has 0 saturated carbocycles. The molecule has 0 radical (unpaired) electrons. The number of nitrogens with one attached hydrogen (secondary N) is 1. The number of rotatable bonds is 3. The maximum atomic E-state index is 8.82. The Balaban J connectivity index is 2.29. The topological polar surface area (TPSA) is 71.1 Å². The first-order valence-electron chi connectivity index (χ1n) is 5.54. The summed E-state index contributed by atoms with van der Waals surface area (Å²) in [5.74, 6) is 0.620. The molecule has 0 aliphatic carbocycles. The van der Waals surface area contributed by atoms with Crippen LogP contribution in [0.25, 0.3) is 0 Å². The summed E-state index contributed by atoms with van der Waals surface area (Å²) in [6.07, 6.45) is 0. The molecule has 0 spiro atoms. The third kappa shape index (κ3) is 2.98. The number of anilines is 3. The number of nitrogens with two attached hydrogens (primary N) is 1. The van der Waals surface area contributed by atoms with Gasteiger partial charge in [0.25, 0.3) is 0 Å². The average molecular weight is 318 g/mol. The lowest BCUT2D eigenvalue weighted by atomic mass is 10.2. The van der Waals surface area contributed by atoms with Gasteiger partial charge in [-0.2, -0.15) is 5.26 Å². The molecule has 0 aliphatic rings. The zero-order valence-electron chi connectivity index (χ0n) is 10.3. The van der Waals surface area contributed by atoms with Crippen LogP contribution in [0.15, 0.2) is 40.9 Å². The lowest BCUT2D eigenvalue weighted by Crippen LogP contribution is -1.96. The van der Waals surface area contributed by atoms with Crippen LogP contribution in [0.2, 0.25) is 0 Å². The number of nitrogens with zero attached hydrogens (tertiary/aromatic N) is 1. The van der Waals surface area contributed by atoms with Gasteiger partial charge < -0.3 is 15.8 Å². The minimum Gasteiger partial charge on any atom is -0.495 e. The summed E-state index contributed by atoms with van der Waals surface area (Å²) in [6, 6.07) is 12.9. The van der Waals surface area contributed by atoms with Crippen molar-refractivity contribution in [3.8, 4) is 11.8 Å². The van der Waals surface area contributed by atoms with Crippen molar-refractivity contribution in [3.63, 3.8) is 0 Å². The number of nitrogen functional groups attached to an aromatic ring is 1. The van der Waals surface area contributed by atoms with Crippen LogP contribution in [-0.4, -0.2) is 7.11 Å². The van der Waals surface area contributed by atoms with Crippen molar-refractivity contribution in [2.45, 2.75) is 0 Å². The zero-order valence-corrected chi connectivity index (χ0v) is 11.9. The predicted octanol–water partition coefficient (Wildman–Crippen LogP) is 3.66. The van der Waals surface area contributed by atoms with Gasteiger partial charge in [0.15, 0.2) is 0 Å². The Hall–Kier alpha value is -2.19. The van der Waals surface area contributed by atoms with Gasteiger partial charge in [-0.25, -0.2) is 0 Å². The lowest BCUT2D eigenvalue weighted by molar-refractivity contribution is 0.417. The molecule has 0 amide bonds. The minimum atomic E-state index is 0.590. The van der Waals surface area contributed by atoms with Crippen LogP contribution in [0, 0.1) is 11.3 Å². The molecule has 2 aromatic carbocycles. The smallest absolute Gasteiger partial charge is 0.143 e. The Morgan fingerprint density at radius 2 is 2.05 bits per heavy atom. The van der Waals surface area contributed by atoms with E-state index < -0.39 is 0 Å². The fourth-order valence-electron chi connectivity index (χ4n) is 1.63. The summed E-state index contributed by atoms with van der Waals surface area (Å²) in [5, 5.41) is 12.1. The molecule has 3 N–H and O–H groups in total. The number of ether oxygens (including phenoxy) is 1. The lowest BCUT2D eigenvalue weighted by Gasteiger charge is -2.11. The number of hydrogen-bond acceptors (Lipinski definition) is 4. The van der Waals surface area contributed by atoms with E-state index in [1.54, 1.807) is 25.3 Å². The van der Waals surface area contributed by atoms with Crippen molar-refractivity contribution in [1.82, 2.24) is 0 Å². The molecule has 0 aromatic heterocycles. The standard InChI is InChI=1S/C14H12BrN3O/c1-19-14-7-10(3-4-12(14)17)18-13-5-2-9(8-16)6-11(13)15/h2-7,18H,17H2,1H3. The second-order valence-electron chi connectivity index (χ2n) is 3.89. The summed E-state index contributed by atoms with van der Waals surface area (Å²) in [7, 11) is 1.58. The monoisotopic (exact) mass is 317 g/mol. The Bertz CT molecular complexity index is 650. The van der Waals surface area contributed by atoms with Crippen molar-refractivity contribution < 1.29 is 4.74 Å². The first kappa shape index (κ1) is 13.2. The van der Waals surface area contributed by atoms with Crippen molar-refractivity contribution >= 4 is 33.0 Å². The minimum absolute atomic E-state index is 0.590. The third-order valence-electron chi connectivity index (χ3n) is 2.61. The maximum absolute atomic E-state index is 8.82. The van der Waals surface area contributed by atoms with Crippen LogP contribution in [0.5, 0.6) is 5.75 Å². The first-order chi connectivity index (χ1) is 9.13. The molecule has 2 rings (SSSR count). The molecule has 96 valence electrons. The molecule has 4 nitrogen and oxygen atoms in total. The van der Waals surface area contributed by atoms with Gasteiger partial charge >= 0.3 is 0 Å². The van der Waals surface area contributed by atoms with Crippen LogP contribution >= 0.6 is 15.9 Å². The van der Waals surface area contributed by atoms with Crippen LogP contribution in [0.1, 0.15) is 5.56 Å². The van der Waals surface area contributed by atoms with E-state index >= 15 is 0 Å². The van der Waals surface area contributed by atoms with Gasteiger partial charge in [-0.3, -0.25) is 0 Å². The quantitative estimate of drug-likeness (QED) is 0.847. The molecule has 19 heavy (non-hydrogen) atoms. The highest BCUT2D eigenvalue weighted by Gasteiger charge is 2.04. The highest BCUT2D eigenvalue weighted by molar-refractivity contribution is 9.10. The molecule has 0 saturated heterocycles. The van der Waals surface area contributed by atoms with E-state index in [1.165, 1.54) is 0 Å². The van der Waals surface area contributed by atoms with Gasteiger partial charge in [0, 0.05) is 16.2 Å². The Labute approximate surface area is 119 Å². The van der Waals surface area contributed by atoms with E-state index in [0.29, 0.717) is 17.0 Å². The van der Waals surface area contributed by atoms with E-state index in [1.807, 2.05) is 18.2 Å². The molecule has 0 bridgehead atoms. The summed E-state index contributed by atoms with van der Waals surface area (Å²) in [4.78, 5) is 0. The highest BCUT2D eigenvalue weighted by atomic mass is 79.9. The summed E-state index contributed by atoms with van der Waals surface area (Å²) >= 11 is 3.43. The van der Waals surface area contributed by atoms with Crippen molar-refractivity contribution in [2.75, 3.05) is 18.2 Å². The second kappa shape index (κ2) is 5.63. The van der Waals surface area contributed by atoms with E-state index in [-0.39, 0.29) is 0 Å². The Morgan fingerprint density at radius 1 is 1.26 bits per heavy atom. The molecule has 0 heterocycles. The van der Waals surface area contributed by atoms with Crippen LogP contribution in [-0.2, 0) is 0 Å². The Morgan fingerprint density at radius 3 is 2.68 bits per heavy atom. The van der Waals surface area contributed by atoms with Gasteiger partial charge in [0.05, 0.1) is 30.1 Å². The summed E-state index contributed by atoms with van der Waals surface area (Å²) in [5.41, 5.74) is 8.68. The van der Waals surface area contributed by atoms with E-state index in [0.717, 1.165) is 15.8 Å². The van der Waals surface area contributed by atoms with Crippen molar-refractivity contribution in [1.29, 1.82) is 5.26 Å². The van der Waals surface area contributed by atoms with Gasteiger partial charge in [-0.15, -0.1) is 0 Å². The zero-order chi connectivity index (χ0) is 13.8. The van der Waals surface area contributed by atoms with Gasteiger partial charge in [0.1, 0.15) is 5.75 Å². The van der Waals surface area contributed by atoms with Crippen LogP contribution in [0.3, 0.4) is 0 Å². The van der Waals surface area contributed by atoms with Gasteiger partial charge in [-0.05, 0) is 46.3 Å². The number of methoxy groups -OCH3 is 1. The van der Waals surface area contributed by atoms with Crippen LogP contribution < -0.4 is 15.8 Å². The fraction of sp³-hybridized carbons (Fsp3) is 0.0714. The number of hydrogen-bond donors (Lipinski definition) is 2. The molecule has 0 unspecified atom stereocenters.